The van der Waals surface area contributed by atoms with Crippen molar-refractivity contribution in [3.63, 3.8) is 0 Å². The van der Waals surface area contributed by atoms with Gasteiger partial charge in [0.25, 0.3) is 0 Å². The van der Waals surface area contributed by atoms with E-state index in [-0.39, 0.29) is 5.41 Å². The standard InChI is InChI=1S/C26H26N2O/c1-5-18-6-8-19(9-7-18)20-10-12-21(13-11-20)24-27-28-25(29-24)22-14-16-23(17-15-22)26(2,3)4/h6-17H,5H2,1-4H3. The van der Waals surface area contributed by atoms with Crippen molar-refractivity contribution >= 4 is 0 Å². The van der Waals surface area contributed by atoms with E-state index < -0.39 is 0 Å². The molecule has 0 fully saturated rings. The van der Waals surface area contributed by atoms with Crippen molar-refractivity contribution in [2.45, 2.75) is 39.5 Å². The van der Waals surface area contributed by atoms with Crippen molar-refractivity contribution in [2.24, 2.45) is 0 Å². The van der Waals surface area contributed by atoms with Gasteiger partial charge in [-0.15, -0.1) is 10.2 Å². The summed E-state index contributed by atoms with van der Waals surface area (Å²) in [5.74, 6) is 1.08. The molecule has 0 aliphatic carbocycles. The Labute approximate surface area is 172 Å². The maximum absolute atomic E-state index is 5.93. The molecule has 146 valence electrons. The molecule has 1 heterocycles. The van der Waals surface area contributed by atoms with Crippen LogP contribution in [0.5, 0.6) is 0 Å². The van der Waals surface area contributed by atoms with Gasteiger partial charge in [-0.2, -0.15) is 0 Å². The van der Waals surface area contributed by atoms with Crippen LogP contribution in [0.25, 0.3) is 34.0 Å². The van der Waals surface area contributed by atoms with E-state index in [1.165, 1.54) is 22.3 Å². The molecular weight excluding hydrogens is 356 g/mol. The summed E-state index contributed by atoms with van der Waals surface area (Å²) in [6.07, 6.45) is 1.05. The van der Waals surface area contributed by atoms with Gasteiger partial charge in [0.05, 0.1) is 0 Å². The van der Waals surface area contributed by atoms with Gasteiger partial charge in [0.15, 0.2) is 0 Å². The third-order valence-corrected chi connectivity index (χ3v) is 5.25. The summed E-state index contributed by atoms with van der Waals surface area (Å²) in [5.41, 5.74) is 6.99. The molecule has 0 bridgehead atoms. The minimum absolute atomic E-state index is 0.122. The Morgan fingerprint density at radius 3 is 1.48 bits per heavy atom. The molecule has 3 nitrogen and oxygen atoms in total. The summed E-state index contributed by atoms with van der Waals surface area (Å²) in [6.45, 7) is 8.78. The quantitative estimate of drug-likeness (QED) is 0.384. The van der Waals surface area contributed by atoms with Gasteiger partial charge in [-0.1, -0.05) is 76.2 Å². The second kappa shape index (κ2) is 7.67. The topological polar surface area (TPSA) is 38.9 Å². The van der Waals surface area contributed by atoms with Gasteiger partial charge in [-0.3, -0.25) is 0 Å². The highest BCUT2D eigenvalue weighted by Crippen LogP contribution is 2.29. The fourth-order valence-corrected chi connectivity index (χ4v) is 3.31. The molecule has 3 aromatic carbocycles. The molecule has 3 heteroatoms. The predicted octanol–water partition coefficient (Wildman–Crippen LogP) is 6.93. The van der Waals surface area contributed by atoms with E-state index in [1.807, 2.05) is 24.3 Å². The molecule has 29 heavy (non-hydrogen) atoms. The Hall–Kier alpha value is -3.20. The SMILES string of the molecule is CCc1ccc(-c2ccc(-c3nnc(-c4ccc(C(C)(C)C)cc4)o3)cc2)cc1. The molecule has 0 saturated heterocycles. The van der Waals surface area contributed by atoms with Gasteiger partial charge in [0.2, 0.25) is 11.8 Å². The Morgan fingerprint density at radius 2 is 1.03 bits per heavy atom. The summed E-state index contributed by atoms with van der Waals surface area (Å²) in [7, 11) is 0. The molecule has 0 atom stereocenters. The first-order valence-corrected chi connectivity index (χ1v) is 10.1. The van der Waals surface area contributed by atoms with Gasteiger partial charge in [-0.25, -0.2) is 0 Å². The zero-order chi connectivity index (χ0) is 20.4. The van der Waals surface area contributed by atoms with Crippen molar-refractivity contribution in [1.82, 2.24) is 10.2 Å². The molecule has 0 aliphatic heterocycles. The second-order valence-corrected chi connectivity index (χ2v) is 8.37. The molecule has 0 saturated carbocycles. The van der Waals surface area contributed by atoms with Crippen molar-refractivity contribution in [2.75, 3.05) is 0 Å². The molecular formula is C26H26N2O. The molecule has 0 spiro atoms. The lowest BCUT2D eigenvalue weighted by atomic mass is 9.87. The molecule has 0 amide bonds. The zero-order valence-electron chi connectivity index (χ0n) is 17.4. The van der Waals surface area contributed by atoms with Crippen LogP contribution >= 0.6 is 0 Å². The molecule has 4 aromatic rings. The third kappa shape index (κ3) is 4.14. The van der Waals surface area contributed by atoms with E-state index in [2.05, 4.69) is 86.4 Å². The average Bonchev–Trinajstić information content (AvgIpc) is 3.24. The van der Waals surface area contributed by atoms with Crippen LogP contribution in [0.2, 0.25) is 0 Å². The lowest BCUT2D eigenvalue weighted by Gasteiger charge is -2.18. The smallest absolute Gasteiger partial charge is 0.248 e. The van der Waals surface area contributed by atoms with Crippen molar-refractivity contribution < 1.29 is 4.42 Å². The highest BCUT2D eigenvalue weighted by atomic mass is 16.4. The monoisotopic (exact) mass is 382 g/mol. The fraction of sp³-hybridized carbons (Fsp3) is 0.231. The molecule has 0 radical (unpaired) electrons. The van der Waals surface area contributed by atoms with Crippen LogP contribution in [0.3, 0.4) is 0 Å². The van der Waals surface area contributed by atoms with Crippen molar-refractivity contribution in [1.29, 1.82) is 0 Å². The molecule has 0 N–H and O–H groups in total. The highest BCUT2D eigenvalue weighted by Gasteiger charge is 2.15. The van der Waals surface area contributed by atoms with Crippen LogP contribution in [0.15, 0.2) is 77.2 Å². The lowest BCUT2D eigenvalue weighted by Crippen LogP contribution is -2.10. The van der Waals surface area contributed by atoms with E-state index in [9.17, 15) is 0 Å². The zero-order valence-corrected chi connectivity index (χ0v) is 17.4. The number of benzene rings is 3. The molecule has 0 unspecified atom stereocenters. The van der Waals surface area contributed by atoms with Gasteiger partial charge in [0.1, 0.15) is 0 Å². The summed E-state index contributed by atoms with van der Waals surface area (Å²) in [5, 5.41) is 8.48. The molecule has 0 aliphatic rings. The number of aryl methyl sites for hydroxylation is 1. The maximum atomic E-state index is 5.93. The van der Waals surface area contributed by atoms with Crippen molar-refractivity contribution in [3.8, 4) is 34.0 Å². The maximum Gasteiger partial charge on any atom is 0.248 e. The Balaban J connectivity index is 1.54. The summed E-state index contributed by atoms with van der Waals surface area (Å²) in [6, 6.07) is 25.3. The van der Waals surface area contributed by atoms with Crippen molar-refractivity contribution in [3.05, 3.63) is 83.9 Å². The van der Waals surface area contributed by atoms with Crippen LogP contribution in [-0.4, -0.2) is 10.2 Å². The van der Waals surface area contributed by atoms with Crippen LogP contribution < -0.4 is 0 Å². The number of hydrogen-bond acceptors (Lipinski definition) is 3. The number of aromatic nitrogens is 2. The highest BCUT2D eigenvalue weighted by molar-refractivity contribution is 5.68. The molecule has 4 rings (SSSR count). The number of nitrogens with zero attached hydrogens (tertiary/aromatic N) is 2. The minimum atomic E-state index is 0.122. The van der Waals surface area contributed by atoms with Gasteiger partial charge < -0.3 is 4.42 Å². The summed E-state index contributed by atoms with van der Waals surface area (Å²) in [4.78, 5) is 0. The predicted molar refractivity (Wildman–Crippen MR) is 119 cm³/mol. The normalized spacial score (nSPS) is 11.6. The van der Waals surface area contributed by atoms with Gasteiger partial charge >= 0.3 is 0 Å². The minimum Gasteiger partial charge on any atom is -0.416 e. The van der Waals surface area contributed by atoms with E-state index in [0.29, 0.717) is 11.8 Å². The van der Waals surface area contributed by atoms with Crippen LogP contribution in [0, 0.1) is 0 Å². The summed E-state index contributed by atoms with van der Waals surface area (Å²) >= 11 is 0. The van der Waals surface area contributed by atoms with E-state index in [1.54, 1.807) is 0 Å². The Morgan fingerprint density at radius 1 is 0.621 bits per heavy atom. The first-order chi connectivity index (χ1) is 13.9. The fourth-order valence-electron chi connectivity index (χ4n) is 3.31. The van der Waals surface area contributed by atoms with E-state index >= 15 is 0 Å². The second-order valence-electron chi connectivity index (χ2n) is 8.37. The van der Waals surface area contributed by atoms with Crippen LogP contribution in [-0.2, 0) is 11.8 Å². The first kappa shape index (κ1) is 19.1. The third-order valence-electron chi connectivity index (χ3n) is 5.25. The van der Waals surface area contributed by atoms with Gasteiger partial charge in [-0.05, 0) is 58.4 Å². The Kier molecular flexibility index (Phi) is 5.06. The first-order valence-electron chi connectivity index (χ1n) is 10.1. The average molecular weight is 383 g/mol. The number of hydrogen-bond donors (Lipinski definition) is 0. The largest absolute Gasteiger partial charge is 0.416 e. The van der Waals surface area contributed by atoms with Crippen LogP contribution in [0.1, 0.15) is 38.8 Å². The molecule has 1 aromatic heterocycles. The number of rotatable bonds is 4. The summed E-state index contributed by atoms with van der Waals surface area (Å²) < 4.78 is 5.93. The van der Waals surface area contributed by atoms with Crippen LogP contribution in [0.4, 0.5) is 0 Å². The van der Waals surface area contributed by atoms with E-state index in [4.69, 9.17) is 4.42 Å². The van der Waals surface area contributed by atoms with Gasteiger partial charge in [0, 0.05) is 11.1 Å². The van der Waals surface area contributed by atoms with E-state index in [0.717, 1.165) is 17.5 Å². The Bertz CT molecular complexity index is 1080. The lowest BCUT2D eigenvalue weighted by molar-refractivity contribution is 0.582.